The summed E-state index contributed by atoms with van der Waals surface area (Å²) >= 11 is 2.32. The molecule has 0 fully saturated rings. The largest absolute Gasteiger partial charge is 0.366 e. The first-order valence-corrected chi connectivity index (χ1v) is 4.25. The molecule has 1 aliphatic rings. The Morgan fingerprint density at radius 1 is 1.62 bits per heavy atom. The molecular weight excluding hydrogens is 215 g/mol. The molecule has 0 aromatic heterocycles. The first-order valence-electron chi connectivity index (χ1n) is 2.72. The van der Waals surface area contributed by atoms with Gasteiger partial charge in [-0.1, -0.05) is 34.7 Å². The van der Waals surface area contributed by atoms with Crippen molar-refractivity contribution < 1.29 is 4.74 Å². The highest BCUT2D eigenvalue weighted by Gasteiger charge is 2.12. The number of halogens is 1. The lowest BCUT2D eigenvalue weighted by atomic mass is 10.4. The Labute approximate surface area is 63.2 Å². The molecule has 1 nitrogen and oxygen atoms in total. The second-order valence-electron chi connectivity index (χ2n) is 1.92. The Bertz CT molecular complexity index is 101. The van der Waals surface area contributed by atoms with Crippen LogP contribution in [0, 0.1) is 0 Å². The van der Waals surface area contributed by atoms with E-state index in [1.54, 1.807) is 0 Å². The number of rotatable bonds is 1. The lowest BCUT2D eigenvalue weighted by Gasteiger charge is -2.05. The van der Waals surface area contributed by atoms with Crippen LogP contribution in [0.25, 0.3) is 0 Å². The van der Waals surface area contributed by atoms with Crippen LogP contribution in [-0.4, -0.2) is 16.6 Å². The Hall–Kier alpha value is 0.430. The van der Waals surface area contributed by atoms with Gasteiger partial charge in [-0.3, -0.25) is 0 Å². The predicted octanol–water partition coefficient (Wildman–Crippen LogP) is 1.76. The number of hydrogen-bond acceptors (Lipinski definition) is 1. The quantitative estimate of drug-likeness (QED) is 0.374. The summed E-state index contributed by atoms with van der Waals surface area (Å²) in [6.07, 6.45) is 4.95. The number of alkyl halides is 1. The molecule has 0 spiro atoms. The minimum atomic E-state index is 0.342. The van der Waals surface area contributed by atoms with Crippen molar-refractivity contribution in [2.75, 3.05) is 4.43 Å². The third-order valence-electron chi connectivity index (χ3n) is 1.14. The maximum Gasteiger partial charge on any atom is 0.0854 e. The van der Waals surface area contributed by atoms with Crippen molar-refractivity contribution in [2.24, 2.45) is 0 Å². The fourth-order valence-electron chi connectivity index (χ4n) is 0.735. The van der Waals surface area contributed by atoms with Gasteiger partial charge in [0.05, 0.1) is 12.2 Å². The van der Waals surface area contributed by atoms with Crippen molar-refractivity contribution in [3.63, 3.8) is 0 Å². The summed E-state index contributed by atoms with van der Waals surface area (Å²) in [5, 5.41) is 0. The molecule has 8 heavy (non-hydrogen) atoms. The Kier molecular flexibility index (Phi) is 2.31. The van der Waals surface area contributed by atoms with Crippen LogP contribution in [0.4, 0.5) is 0 Å². The summed E-state index contributed by atoms with van der Waals surface area (Å²) in [5.74, 6) is 0. The summed E-state index contributed by atoms with van der Waals surface area (Å²) in [4.78, 5) is 0. The molecule has 0 radical (unpaired) electrons. The lowest BCUT2D eigenvalue weighted by molar-refractivity contribution is 0.0873. The number of ether oxygens (including phenoxy) is 1. The van der Waals surface area contributed by atoms with Gasteiger partial charge in [-0.25, -0.2) is 0 Å². The number of hydrogen-bond donors (Lipinski definition) is 0. The van der Waals surface area contributed by atoms with Gasteiger partial charge in [-0.15, -0.1) is 0 Å². The smallest absolute Gasteiger partial charge is 0.0854 e. The molecule has 0 saturated carbocycles. The zero-order chi connectivity index (χ0) is 5.98. The van der Waals surface area contributed by atoms with Gasteiger partial charge >= 0.3 is 0 Å². The maximum absolute atomic E-state index is 5.39. The minimum Gasteiger partial charge on any atom is -0.366 e. The molecule has 1 rings (SSSR count). The third kappa shape index (κ3) is 1.45. The van der Waals surface area contributed by atoms with E-state index in [1.165, 1.54) is 0 Å². The van der Waals surface area contributed by atoms with Crippen LogP contribution in [0.2, 0.25) is 0 Å². The molecule has 46 valence electrons. The summed E-state index contributed by atoms with van der Waals surface area (Å²) < 4.78 is 6.46. The van der Waals surface area contributed by atoms with Crippen molar-refractivity contribution in [3.05, 3.63) is 12.2 Å². The van der Waals surface area contributed by atoms with E-state index in [2.05, 4.69) is 41.7 Å². The summed E-state index contributed by atoms with van der Waals surface area (Å²) in [7, 11) is 0. The normalized spacial score (nSPS) is 36.2. The SMILES string of the molecule is C[C@H]1C=C[C@H](CI)O1. The Balaban J connectivity index is 2.34. The van der Waals surface area contributed by atoms with E-state index < -0.39 is 0 Å². The molecule has 2 heteroatoms. The molecule has 0 bridgehead atoms. The van der Waals surface area contributed by atoms with Crippen LogP contribution in [0.15, 0.2) is 12.2 Å². The molecule has 0 amide bonds. The van der Waals surface area contributed by atoms with Gasteiger partial charge < -0.3 is 4.74 Å². The molecule has 1 aliphatic heterocycles. The predicted molar refractivity (Wildman–Crippen MR) is 42.4 cm³/mol. The van der Waals surface area contributed by atoms with Gasteiger partial charge in [0.15, 0.2) is 0 Å². The molecule has 1 heterocycles. The van der Waals surface area contributed by atoms with Crippen LogP contribution >= 0.6 is 22.6 Å². The monoisotopic (exact) mass is 224 g/mol. The van der Waals surface area contributed by atoms with E-state index in [-0.39, 0.29) is 0 Å². The van der Waals surface area contributed by atoms with E-state index in [0.717, 1.165) is 4.43 Å². The summed E-state index contributed by atoms with van der Waals surface area (Å²) in [6.45, 7) is 2.06. The minimum absolute atomic E-state index is 0.342. The van der Waals surface area contributed by atoms with E-state index in [1.807, 2.05) is 0 Å². The van der Waals surface area contributed by atoms with Crippen molar-refractivity contribution in [3.8, 4) is 0 Å². The first-order chi connectivity index (χ1) is 3.83. The Morgan fingerprint density at radius 2 is 2.38 bits per heavy atom. The standard InChI is InChI=1S/C6H9IO/c1-5-2-3-6(4-7)8-5/h2-3,5-6H,4H2,1H3/t5-,6+/m0/s1. The van der Waals surface area contributed by atoms with Gasteiger partial charge in [-0.05, 0) is 6.92 Å². The average Bonchev–Trinajstić information content (AvgIpc) is 2.14. The molecule has 0 aliphatic carbocycles. The topological polar surface area (TPSA) is 9.23 Å². The molecule has 0 aromatic rings. The molecule has 0 saturated heterocycles. The van der Waals surface area contributed by atoms with Gasteiger partial charge in [0.25, 0.3) is 0 Å². The van der Waals surface area contributed by atoms with Crippen LogP contribution in [0.1, 0.15) is 6.92 Å². The average molecular weight is 224 g/mol. The second-order valence-corrected chi connectivity index (χ2v) is 2.80. The van der Waals surface area contributed by atoms with E-state index >= 15 is 0 Å². The van der Waals surface area contributed by atoms with Gasteiger partial charge in [0.2, 0.25) is 0 Å². The third-order valence-corrected chi connectivity index (χ3v) is 2.01. The van der Waals surface area contributed by atoms with Crippen LogP contribution in [-0.2, 0) is 4.74 Å². The van der Waals surface area contributed by atoms with Crippen LogP contribution in [0.3, 0.4) is 0 Å². The zero-order valence-corrected chi connectivity index (χ0v) is 6.96. The van der Waals surface area contributed by atoms with Crippen molar-refractivity contribution in [1.82, 2.24) is 0 Å². The van der Waals surface area contributed by atoms with Crippen molar-refractivity contribution in [2.45, 2.75) is 19.1 Å². The van der Waals surface area contributed by atoms with Crippen LogP contribution in [0.5, 0.6) is 0 Å². The first kappa shape index (κ1) is 6.55. The highest BCUT2D eigenvalue weighted by atomic mass is 127. The molecule has 0 unspecified atom stereocenters. The van der Waals surface area contributed by atoms with Gasteiger partial charge in [0, 0.05) is 4.43 Å². The zero-order valence-electron chi connectivity index (χ0n) is 4.80. The molecular formula is C6H9IO. The van der Waals surface area contributed by atoms with E-state index in [9.17, 15) is 0 Å². The van der Waals surface area contributed by atoms with E-state index in [4.69, 9.17) is 4.74 Å². The maximum atomic E-state index is 5.39. The van der Waals surface area contributed by atoms with E-state index in [0.29, 0.717) is 12.2 Å². The van der Waals surface area contributed by atoms with Crippen LogP contribution < -0.4 is 0 Å². The second kappa shape index (κ2) is 2.82. The summed E-state index contributed by atoms with van der Waals surface area (Å²) in [5.41, 5.74) is 0. The molecule has 0 N–H and O–H groups in total. The van der Waals surface area contributed by atoms with Crippen molar-refractivity contribution >= 4 is 22.6 Å². The summed E-state index contributed by atoms with van der Waals surface area (Å²) in [6, 6.07) is 0. The Morgan fingerprint density at radius 3 is 2.62 bits per heavy atom. The van der Waals surface area contributed by atoms with Gasteiger partial charge in [-0.2, -0.15) is 0 Å². The fourth-order valence-corrected chi connectivity index (χ4v) is 1.24. The van der Waals surface area contributed by atoms with Crippen molar-refractivity contribution in [1.29, 1.82) is 0 Å². The molecule has 0 aromatic carbocycles. The van der Waals surface area contributed by atoms with Gasteiger partial charge in [0.1, 0.15) is 0 Å². The lowest BCUT2D eigenvalue weighted by Crippen LogP contribution is -2.09. The highest BCUT2D eigenvalue weighted by Crippen LogP contribution is 2.11. The molecule has 2 atom stereocenters. The highest BCUT2D eigenvalue weighted by molar-refractivity contribution is 14.1. The fraction of sp³-hybridized carbons (Fsp3) is 0.667.